The number of para-hydroxylation sites is 1. The zero-order chi connectivity index (χ0) is 16.9. The van der Waals surface area contributed by atoms with Crippen LogP contribution in [0.3, 0.4) is 0 Å². The molecule has 0 fully saturated rings. The number of ether oxygens (including phenoxy) is 1. The van der Waals surface area contributed by atoms with Gasteiger partial charge in [-0.1, -0.05) is 41.9 Å². The quantitative estimate of drug-likeness (QED) is 0.631. The van der Waals surface area contributed by atoms with Crippen molar-refractivity contribution in [1.29, 1.82) is 0 Å². The summed E-state index contributed by atoms with van der Waals surface area (Å²) in [6.07, 6.45) is 3.75. The van der Waals surface area contributed by atoms with Gasteiger partial charge in [-0.2, -0.15) is 0 Å². The molecule has 0 saturated heterocycles. The third kappa shape index (κ3) is 3.84. The van der Waals surface area contributed by atoms with Crippen molar-refractivity contribution in [3.05, 3.63) is 70.8 Å². The average molecular weight is 342 g/mol. The second-order valence-corrected chi connectivity index (χ2v) is 5.85. The molecule has 0 bridgehead atoms. The fourth-order valence-corrected chi connectivity index (χ4v) is 2.72. The Morgan fingerprint density at radius 3 is 2.67 bits per heavy atom. The molecule has 24 heavy (non-hydrogen) atoms. The first-order valence-corrected chi connectivity index (χ1v) is 8.00. The van der Waals surface area contributed by atoms with Gasteiger partial charge in [0.2, 0.25) is 0 Å². The molecule has 5 heteroatoms. The molecule has 0 unspecified atom stereocenters. The van der Waals surface area contributed by atoms with Crippen molar-refractivity contribution in [3.63, 3.8) is 0 Å². The maximum atomic E-state index is 12.2. The second kappa shape index (κ2) is 7.32. The number of fused-ring (bicyclic) bond motifs is 1. The van der Waals surface area contributed by atoms with E-state index in [-0.39, 0.29) is 12.5 Å². The molecular formula is C19H16ClNO3. The first kappa shape index (κ1) is 16.3. The number of amides is 1. The van der Waals surface area contributed by atoms with Crippen molar-refractivity contribution in [3.8, 4) is 0 Å². The number of esters is 1. The van der Waals surface area contributed by atoms with E-state index in [9.17, 15) is 9.59 Å². The van der Waals surface area contributed by atoms with Crippen molar-refractivity contribution in [2.75, 3.05) is 18.1 Å². The van der Waals surface area contributed by atoms with E-state index in [4.69, 9.17) is 16.3 Å². The maximum absolute atomic E-state index is 12.2. The number of halogens is 1. The minimum Gasteiger partial charge on any atom is -0.452 e. The average Bonchev–Trinajstić information content (AvgIpc) is 3.03. The largest absolute Gasteiger partial charge is 0.452 e. The molecule has 1 amide bonds. The molecule has 1 aliphatic heterocycles. The molecular weight excluding hydrogens is 326 g/mol. The Morgan fingerprint density at radius 1 is 1.12 bits per heavy atom. The van der Waals surface area contributed by atoms with Gasteiger partial charge in [0.05, 0.1) is 0 Å². The minimum atomic E-state index is -0.550. The number of carbonyl (C=O) groups excluding carboxylic acids is 2. The Hall–Kier alpha value is -2.59. The van der Waals surface area contributed by atoms with Crippen molar-refractivity contribution >= 4 is 35.2 Å². The molecule has 2 aromatic carbocycles. The van der Waals surface area contributed by atoms with E-state index in [1.807, 2.05) is 24.3 Å². The van der Waals surface area contributed by atoms with Crippen LogP contribution < -0.4 is 4.90 Å². The Balaban J connectivity index is 1.53. The van der Waals surface area contributed by atoms with Gasteiger partial charge in [0, 0.05) is 23.3 Å². The van der Waals surface area contributed by atoms with Gasteiger partial charge < -0.3 is 9.64 Å². The van der Waals surface area contributed by atoms with Crippen molar-refractivity contribution in [1.82, 2.24) is 0 Å². The molecule has 0 radical (unpaired) electrons. The van der Waals surface area contributed by atoms with E-state index in [1.165, 1.54) is 6.08 Å². The van der Waals surface area contributed by atoms with Crippen LogP contribution in [0.15, 0.2) is 54.6 Å². The molecule has 0 aromatic heterocycles. The highest BCUT2D eigenvalue weighted by Crippen LogP contribution is 2.27. The molecule has 0 saturated carbocycles. The predicted octanol–water partition coefficient (Wildman–Crippen LogP) is 3.49. The lowest BCUT2D eigenvalue weighted by Crippen LogP contribution is -2.33. The number of nitrogens with zero attached hydrogens (tertiary/aromatic N) is 1. The summed E-state index contributed by atoms with van der Waals surface area (Å²) in [5.74, 6) is -0.765. The highest BCUT2D eigenvalue weighted by atomic mass is 35.5. The van der Waals surface area contributed by atoms with E-state index in [0.717, 1.165) is 23.2 Å². The summed E-state index contributed by atoms with van der Waals surface area (Å²) in [5.41, 5.74) is 2.87. The van der Waals surface area contributed by atoms with Crippen molar-refractivity contribution < 1.29 is 14.3 Å². The summed E-state index contributed by atoms with van der Waals surface area (Å²) < 4.78 is 5.03. The zero-order valence-electron chi connectivity index (χ0n) is 12.9. The highest BCUT2D eigenvalue weighted by molar-refractivity contribution is 6.30. The number of benzene rings is 2. The molecule has 0 aliphatic carbocycles. The summed E-state index contributed by atoms with van der Waals surface area (Å²) in [6, 6.07) is 14.8. The summed E-state index contributed by atoms with van der Waals surface area (Å²) in [6.45, 7) is 0.356. The number of anilines is 1. The SMILES string of the molecule is O=C(C=Cc1ccc(Cl)cc1)OCC(=O)N1CCc2ccccc21. The van der Waals surface area contributed by atoms with Crippen LogP contribution in [0.4, 0.5) is 5.69 Å². The van der Waals surface area contributed by atoms with E-state index in [0.29, 0.717) is 11.6 Å². The van der Waals surface area contributed by atoms with Crippen LogP contribution in [0.2, 0.25) is 5.02 Å². The lowest BCUT2D eigenvalue weighted by atomic mass is 10.2. The molecule has 1 aliphatic rings. The minimum absolute atomic E-state index is 0.215. The Kier molecular flexibility index (Phi) is 4.96. The monoisotopic (exact) mass is 341 g/mol. The van der Waals surface area contributed by atoms with Crippen LogP contribution >= 0.6 is 11.6 Å². The molecule has 3 rings (SSSR count). The highest BCUT2D eigenvalue weighted by Gasteiger charge is 2.24. The predicted molar refractivity (Wildman–Crippen MR) is 93.9 cm³/mol. The molecule has 122 valence electrons. The van der Waals surface area contributed by atoms with Gasteiger partial charge in [0.15, 0.2) is 6.61 Å². The van der Waals surface area contributed by atoms with Crippen molar-refractivity contribution in [2.45, 2.75) is 6.42 Å². The van der Waals surface area contributed by atoms with Crippen LogP contribution in [0, 0.1) is 0 Å². The third-order valence-electron chi connectivity index (χ3n) is 3.81. The van der Waals surface area contributed by atoms with E-state index < -0.39 is 5.97 Å². The van der Waals surface area contributed by atoms with Gasteiger partial charge in [0.1, 0.15) is 0 Å². The molecule has 2 aromatic rings. The van der Waals surface area contributed by atoms with Gasteiger partial charge in [-0.3, -0.25) is 4.79 Å². The summed E-state index contributed by atoms with van der Waals surface area (Å²) in [5, 5.41) is 0.631. The third-order valence-corrected chi connectivity index (χ3v) is 4.06. The lowest BCUT2D eigenvalue weighted by Gasteiger charge is -2.16. The lowest BCUT2D eigenvalue weighted by molar-refractivity contribution is -0.142. The summed E-state index contributed by atoms with van der Waals surface area (Å²) in [4.78, 5) is 25.6. The Bertz CT molecular complexity index is 783. The number of carbonyl (C=O) groups is 2. The summed E-state index contributed by atoms with van der Waals surface area (Å²) >= 11 is 5.80. The zero-order valence-corrected chi connectivity index (χ0v) is 13.7. The van der Waals surface area contributed by atoms with E-state index in [1.54, 1.807) is 35.2 Å². The molecule has 0 atom stereocenters. The first-order chi connectivity index (χ1) is 11.6. The normalized spacial score (nSPS) is 13.1. The van der Waals surface area contributed by atoms with E-state index in [2.05, 4.69) is 0 Å². The van der Waals surface area contributed by atoms with Gasteiger partial charge in [0.25, 0.3) is 5.91 Å². The van der Waals surface area contributed by atoms with Gasteiger partial charge in [-0.05, 0) is 41.8 Å². The van der Waals surface area contributed by atoms with Crippen LogP contribution in [-0.2, 0) is 20.7 Å². The van der Waals surface area contributed by atoms with Gasteiger partial charge >= 0.3 is 5.97 Å². The van der Waals surface area contributed by atoms with Gasteiger partial charge in [-0.25, -0.2) is 4.79 Å². The fourth-order valence-electron chi connectivity index (χ4n) is 2.59. The Morgan fingerprint density at radius 2 is 1.88 bits per heavy atom. The first-order valence-electron chi connectivity index (χ1n) is 7.62. The molecule has 4 nitrogen and oxygen atoms in total. The Labute approximate surface area is 145 Å². The van der Waals surface area contributed by atoms with Crippen molar-refractivity contribution in [2.24, 2.45) is 0 Å². The van der Waals surface area contributed by atoms with Crippen LogP contribution in [0.25, 0.3) is 6.08 Å². The number of rotatable bonds is 4. The topological polar surface area (TPSA) is 46.6 Å². The maximum Gasteiger partial charge on any atom is 0.331 e. The standard InChI is InChI=1S/C19H16ClNO3/c20-16-8-5-14(6-9-16)7-10-19(23)24-13-18(22)21-12-11-15-3-1-2-4-17(15)21/h1-10H,11-13H2. The molecule has 0 spiro atoms. The van der Waals surface area contributed by atoms with Crippen LogP contribution in [0.1, 0.15) is 11.1 Å². The summed E-state index contributed by atoms with van der Waals surface area (Å²) in [7, 11) is 0. The van der Waals surface area contributed by atoms with Crippen LogP contribution in [0.5, 0.6) is 0 Å². The molecule has 0 N–H and O–H groups in total. The van der Waals surface area contributed by atoms with E-state index >= 15 is 0 Å². The smallest absolute Gasteiger partial charge is 0.331 e. The number of hydrogen-bond donors (Lipinski definition) is 0. The second-order valence-electron chi connectivity index (χ2n) is 5.42. The fraction of sp³-hybridized carbons (Fsp3) is 0.158. The number of hydrogen-bond acceptors (Lipinski definition) is 3. The van der Waals surface area contributed by atoms with Crippen LogP contribution in [-0.4, -0.2) is 25.0 Å². The van der Waals surface area contributed by atoms with Gasteiger partial charge in [-0.15, -0.1) is 0 Å². The molecule has 1 heterocycles.